The van der Waals surface area contributed by atoms with E-state index in [0.717, 1.165) is 44.3 Å². The molecule has 0 fully saturated rings. The quantitative estimate of drug-likeness (QED) is 0.356. The highest BCUT2D eigenvalue weighted by atomic mass is 16.5. The molecule has 0 unspecified atom stereocenters. The minimum absolute atomic E-state index is 0.0596. The molecule has 0 saturated heterocycles. The van der Waals surface area contributed by atoms with Crippen molar-refractivity contribution < 1.29 is 9.53 Å². The van der Waals surface area contributed by atoms with Crippen LogP contribution in [0.25, 0.3) is 33.0 Å². The van der Waals surface area contributed by atoms with Crippen molar-refractivity contribution in [1.29, 1.82) is 0 Å². The van der Waals surface area contributed by atoms with Crippen molar-refractivity contribution in [2.75, 3.05) is 20.2 Å². The smallest absolute Gasteiger partial charge is 0.254 e. The van der Waals surface area contributed by atoms with Crippen LogP contribution in [-0.4, -0.2) is 31.0 Å². The Labute approximate surface area is 183 Å². The van der Waals surface area contributed by atoms with Crippen molar-refractivity contribution in [3.8, 4) is 28.0 Å². The number of amides is 1. The summed E-state index contributed by atoms with van der Waals surface area (Å²) in [5.41, 5.74) is 4.89. The summed E-state index contributed by atoms with van der Waals surface area (Å²) in [6.07, 6.45) is 0. The topological polar surface area (TPSA) is 29.5 Å². The van der Waals surface area contributed by atoms with Crippen LogP contribution in [0.1, 0.15) is 24.2 Å². The number of benzene rings is 4. The van der Waals surface area contributed by atoms with Crippen LogP contribution >= 0.6 is 0 Å². The Morgan fingerprint density at radius 1 is 0.774 bits per heavy atom. The summed E-state index contributed by atoms with van der Waals surface area (Å²) in [5.74, 6) is 0.873. The summed E-state index contributed by atoms with van der Waals surface area (Å²) in [4.78, 5) is 15.5. The van der Waals surface area contributed by atoms with E-state index in [1.807, 2.05) is 55.1 Å². The van der Waals surface area contributed by atoms with Crippen LogP contribution in [0.15, 0.2) is 84.9 Å². The molecule has 0 heterocycles. The summed E-state index contributed by atoms with van der Waals surface area (Å²) in [6, 6.07) is 28.6. The first-order valence-electron chi connectivity index (χ1n) is 10.7. The normalized spacial score (nSPS) is 10.8. The molecule has 3 nitrogen and oxygen atoms in total. The molecule has 0 atom stereocenters. The van der Waals surface area contributed by atoms with Crippen LogP contribution in [0.4, 0.5) is 0 Å². The molecule has 1 amide bonds. The van der Waals surface area contributed by atoms with E-state index in [1.54, 1.807) is 7.11 Å². The van der Waals surface area contributed by atoms with E-state index in [2.05, 4.69) is 48.5 Å². The van der Waals surface area contributed by atoms with Crippen molar-refractivity contribution in [2.24, 2.45) is 0 Å². The van der Waals surface area contributed by atoms with Crippen molar-refractivity contribution in [3.63, 3.8) is 0 Å². The Morgan fingerprint density at radius 2 is 1.39 bits per heavy atom. The first-order chi connectivity index (χ1) is 15.2. The van der Waals surface area contributed by atoms with Crippen LogP contribution in [0, 0.1) is 0 Å². The first-order valence-corrected chi connectivity index (χ1v) is 10.7. The van der Waals surface area contributed by atoms with Gasteiger partial charge in [-0.15, -0.1) is 0 Å². The Morgan fingerprint density at radius 3 is 2.00 bits per heavy atom. The molecule has 0 radical (unpaired) electrons. The molecule has 4 aromatic rings. The molecule has 156 valence electrons. The van der Waals surface area contributed by atoms with Crippen molar-refractivity contribution in [3.05, 3.63) is 90.5 Å². The van der Waals surface area contributed by atoms with Crippen molar-refractivity contribution in [2.45, 2.75) is 13.8 Å². The van der Waals surface area contributed by atoms with Gasteiger partial charge in [0.1, 0.15) is 5.75 Å². The number of hydrogen-bond acceptors (Lipinski definition) is 2. The zero-order valence-corrected chi connectivity index (χ0v) is 18.3. The van der Waals surface area contributed by atoms with Crippen LogP contribution in [0.3, 0.4) is 0 Å². The number of carbonyl (C=O) groups is 1. The Hall–Kier alpha value is -3.59. The van der Waals surface area contributed by atoms with Crippen LogP contribution < -0.4 is 4.74 Å². The highest BCUT2D eigenvalue weighted by Gasteiger charge is 2.22. The van der Waals surface area contributed by atoms with Gasteiger partial charge < -0.3 is 9.64 Å². The average Bonchev–Trinajstić information content (AvgIpc) is 2.84. The number of ether oxygens (including phenoxy) is 1. The molecule has 3 heteroatoms. The van der Waals surface area contributed by atoms with Gasteiger partial charge in [-0.1, -0.05) is 66.7 Å². The van der Waals surface area contributed by atoms with E-state index in [4.69, 9.17) is 4.74 Å². The third kappa shape index (κ3) is 3.91. The van der Waals surface area contributed by atoms with E-state index < -0.39 is 0 Å². The number of carbonyl (C=O) groups excluding carboxylic acids is 1. The predicted molar refractivity (Wildman–Crippen MR) is 129 cm³/mol. The first kappa shape index (κ1) is 20.7. The number of nitrogens with zero attached hydrogens (tertiary/aromatic N) is 1. The van der Waals surface area contributed by atoms with Gasteiger partial charge in [0.15, 0.2) is 0 Å². The molecule has 0 saturated carbocycles. The minimum Gasteiger partial charge on any atom is -0.497 e. The van der Waals surface area contributed by atoms with Crippen LogP contribution in [0.2, 0.25) is 0 Å². The lowest BCUT2D eigenvalue weighted by atomic mass is 9.87. The lowest BCUT2D eigenvalue weighted by molar-refractivity contribution is 0.0774. The predicted octanol–water partition coefficient (Wildman–Crippen LogP) is 6.66. The monoisotopic (exact) mass is 409 g/mol. The van der Waals surface area contributed by atoms with Gasteiger partial charge in [-0.3, -0.25) is 4.79 Å². The highest BCUT2D eigenvalue weighted by molar-refractivity contribution is 6.14. The zero-order valence-electron chi connectivity index (χ0n) is 18.3. The molecule has 4 aromatic carbocycles. The van der Waals surface area contributed by atoms with Gasteiger partial charge in [-0.05, 0) is 59.5 Å². The third-order valence-corrected chi connectivity index (χ3v) is 5.79. The van der Waals surface area contributed by atoms with Gasteiger partial charge in [0.25, 0.3) is 5.91 Å². The van der Waals surface area contributed by atoms with E-state index in [-0.39, 0.29) is 5.91 Å². The number of rotatable bonds is 6. The maximum absolute atomic E-state index is 13.6. The van der Waals surface area contributed by atoms with Gasteiger partial charge in [-0.25, -0.2) is 0 Å². The van der Waals surface area contributed by atoms with E-state index >= 15 is 0 Å². The van der Waals surface area contributed by atoms with Gasteiger partial charge >= 0.3 is 0 Å². The Balaban J connectivity index is 2.05. The fourth-order valence-electron chi connectivity index (χ4n) is 4.15. The molecular weight excluding hydrogens is 382 g/mol. The summed E-state index contributed by atoms with van der Waals surface area (Å²) < 4.78 is 5.33. The maximum Gasteiger partial charge on any atom is 0.254 e. The second-order valence-corrected chi connectivity index (χ2v) is 7.46. The molecule has 0 aliphatic rings. The number of hydrogen-bond donors (Lipinski definition) is 0. The van der Waals surface area contributed by atoms with Crippen molar-refractivity contribution >= 4 is 16.7 Å². The minimum atomic E-state index is 0.0596. The summed E-state index contributed by atoms with van der Waals surface area (Å²) in [5, 5.41) is 2.21. The fraction of sp³-hybridized carbons (Fsp3) is 0.179. The van der Waals surface area contributed by atoms with Gasteiger partial charge in [0.2, 0.25) is 0 Å². The third-order valence-electron chi connectivity index (χ3n) is 5.79. The molecule has 4 rings (SSSR count). The second kappa shape index (κ2) is 9.05. The number of fused-ring (bicyclic) bond motifs is 1. The summed E-state index contributed by atoms with van der Waals surface area (Å²) in [6.45, 7) is 5.40. The Bertz CT molecular complexity index is 1190. The molecule has 0 N–H and O–H groups in total. The second-order valence-electron chi connectivity index (χ2n) is 7.46. The highest BCUT2D eigenvalue weighted by Crippen LogP contribution is 2.39. The standard InChI is InChI=1S/C28H27NO2/c1-4-29(5-2)28(30)26-19-25(20-15-17-22(31-3)18-16-20)23-13-9-10-14-24(23)27(26)21-11-7-6-8-12-21/h6-19H,4-5H2,1-3H3. The lowest BCUT2D eigenvalue weighted by Crippen LogP contribution is -2.31. The molecular formula is C28H27NO2. The fourth-order valence-corrected chi connectivity index (χ4v) is 4.15. The van der Waals surface area contributed by atoms with Crippen LogP contribution in [-0.2, 0) is 0 Å². The molecule has 0 aromatic heterocycles. The van der Waals surface area contributed by atoms with Crippen molar-refractivity contribution in [1.82, 2.24) is 4.90 Å². The molecule has 31 heavy (non-hydrogen) atoms. The van der Waals surface area contributed by atoms with Crippen LogP contribution in [0.5, 0.6) is 5.75 Å². The zero-order chi connectivity index (χ0) is 21.8. The average molecular weight is 410 g/mol. The maximum atomic E-state index is 13.6. The molecule has 0 spiro atoms. The largest absolute Gasteiger partial charge is 0.497 e. The van der Waals surface area contributed by atoms with E-state index in [1.165, 1.54) is 0 Å². The molecule has 0 bridgehead atoms. The van der Waals surface area contributed by atoms with E-state index in [0.29, 0.717) is 13.1 Å². The Kier molecular flexibility index (Phi) is 6.03. The summed E-state index contributed by atoms with van der Waals surface area (Å²) in [7, 11) is 1.67. The molecule has 0 aliphatic carbocycles. The number of methoxy groups -OCH3 is 1. The SMILES string of the molecule is CCN(CC)C(=O)c1cc(-c2ccc(OC)cc2)c2ccccc2c1-c1ccccc1. The van der Waals surface area contributed by atoms with Gasteiger partial charge in [-0.2, -0.15) is 0 Å². The molecule has 0 aliphatic heterocycles. The lowest BCUT2D eigenvalue weighted by Gasteiger charge is -2.23. The summed E-state index contributed by atoms with van der Waals surface area (Å²) >= 11 is 0. The van der Waals surface area contributed by atoms with E-state index in [9.17, 15) is 4.79 Å². The van der Waals surface area contributed by atoms with Gasteiger partial charge in [0, 0.05) is 24.2 Å². The van der Waals surface area contributed by atoms with Gasteiger partial charge in [0.05, 0.1) is 7.11 Å².